The molecular formula is C18H26N2O2. The van der Waals surface area contributed by atoms with Crippen molar-refractivity contribution in [2.24, 2.45) is 5.92 Å². The summed E-state index contributed by atoms with van der Waals surface area (Å²) in [5.74, 6) is 1.69. The molecule has 1 aromatic rings. The summed E-state index contributed by atoms with van der Waals surface area (Å²) >= 11 is 0. The van der Waals surface area contributed by atoms with Crippen LogP contribution in [-0.2, 0) is 11.2 Å². The second kappa shape index (κ2) is 7.14. The SMILES string of the molecule is COc1cccc(CC(=O)N2CC[C@H]3NCCCC[C@H]3C2)c1. The summed E-state index contributed by atoms with van der Waals surface area (Å²) in [5, 5.41) is 3.65. The van der Waals surface area contributed by atoms with Crippen molar-refractivity contribution in [3.05, 3.63) is 29.8 Å². The van der Waals surface area contributed by atoms with Crippen molar-refractivity contribution in [1.82, 2.24) is 10.2 Å². The first kappa shape index (κ1) is 15.3. The third-order valence-electron chi connectivity index (χ3n) is 4.98. The van der Waals surface area contributed by atoms with Gasteiger partial charge >= 0.3 is 0 Å². The van der Waals surface area contributed by atoms with E-state index in [1.54, 1.807) is 7.11 Å². The first-order valence-corrected chi connectivity index (χ1v) is 8.40. The standard InChI is InChI=1S/C18H26N2O2/c1-22-16-7-4-5-14(11-16)12-18(21)20-10-8-17-15(13-20)6-2-3-9-19-17/h4-5,7,11,15,17,19H,2-3,6,8-10,12-13H2,1H3/t15-,17+/m0/s1. The van der Waals surface area contributed by atoms with Crippen molar-refractivity contribution in [1.29, 1.82) is 0 Å². The monoisotopic (exact) mass is 302 g/mol. The van der Waals surface area contributed by atoms with Crippen LogP contribution in [0.2, 0.25) is 0 Å². The summed E-state index contributed by atoms with van der Waals surface area (Å²) in [5.41, 5.74) is 1.03. The number of piperidine rings is 1. The van der Waals surface area contributed by atoms with Crippen LogP contribution in [0.25, 0.3) is 0 Å². The summed E-state index contributed by atoms with van der Waals surface area (Å²) in [6, 6.07) is 8.43. The molecule has 2 aliphatic heterocycles. The Kier molecular flexibility index (Phi) is 4.98. The van der Waals surface area contributed by atoms with Crippen molar-refractivity contribution >= 4 is 5.91 Å². The number of hydrogen-bond acceptors (Lipinski definition) is 3. The number of nitrogens with zero attached hydrogens (tertiary/aromatic N) is 1. The fraction of sp³-hybridized carbons (Fsp3) is 0.611. The Morgan fingerprint density at radius 3 is 3.14 bits per heavy atom. The van der Waals surface area contributed by atoms with Gasteiger partial charge in [0.15, 0.2) is 0 Å². The number of benzene rings is 1. The van der Waals surface area contributed by atoms with E-state index in [9.17, 15) is 4.79 Å². The van der Waals surface area contributed by atoms with Gasteiger partial charge < -0.3 is 15.0 Å². The van der Waals surface area contributed by atoms with Crippen LogP contribution < -0.4 is 10.1 Å². The third kappa shape index (κ3) is 3.61. The number of amides is 1. The molecular weight excluding hydrogens is 276 g/mol. The highest BCUT2D eigenvalue weighted by Gasteiger charge is 2.31. The molecule has 2 saturated heterocycles. The molecule has 0 saturated carbocycles. The van der Waals surface area contributed by atoms with E-state index in [-0.39, 0.29) is 5.91 Å². The molecule has 2 atom stereocenters. The lowest BCUT2D eigenvalue weighted by atomic mass is 9.89. The van der Waals surface area contributed by atoms with Crippen molar-refractivity contribution in [3.8, 4) is 5.75 Å². The molecule has 4 heteroatoms. The first-order chi connectivity index (χ1) is 10.8. The van der Waals surface area contributed by atoms with E-state index < -0.39 is 0 Å². The lowest BCUT2D eigenvalue weighted by Crippen LogP contribution is -2.50. The quantitative estimate of drug-likeness (QED) is 0.931. The van der Waals surface area contributed by atoms with E-state index in [0.717, 1.165) is 37.4 Å². The Morgan fingerprint density at radius 1 is 1.36 bits per heavy atom. The number of ether oxygens (including phenoxy) is 1. The lowest BCUT2D eigenvalue weighted by molar-refractivity contribution is -0.132. The maximum absolute atomic E-state index is 12.6. The van der Waals surface area contributed by atoms with Gasteiger partial charge in [0, 0.05) is 19.1 Å². The van der Waals surface area contributed by atoms with Crippen molar-refractivity contribution in [3.63, 3.8) is 0 Å². The molecule has 0 aliphatic carbocycles. The van der Waals surface area contributed by atoms with Gasteiger partial charge in [0.2, 0.25) is 5.91 Å². The van der Waals surface area contributed by atoms with Gasteiger partial charge in [-0.1, -0.05) is 18.6 Å². The van der Waals surface area contributed by atoms with Crippen molar-refractivity contribution in [2.75, 3.05) is 26.7 Å². The van der Waals surface area contributed by atoms with E-state index >= 15 is 0 Å². The number of carbonyl (C=O) groups excluding carboxylic acids is 1. The average molecular weight is 302 g/mol. The zero-order chi connectivity index (χ0) is 15.4. The lowest BCUT2D eigenvalue weighted by Gasteiger charge is -2.38. The molecule has 2 heterocycles. The molecule has 1 amide bonds. The van der Waals surface area contributed by atoms with E-state index in [1.807, 2.05) is 24.3 Å². The number of carbonyl (C=O) groups is 1. The van der Waals surface area contributed by atoms with E-state index in [4.69, 9.17) is 4.74 Å². The predicted octanol–water partition coefficient (Wildman–Crippen LogP) is 2.23. The van der Waals surface area contributed by atoms with Gasteiger partial charge in [-0.2, -0.15) is 0 Å². The number of hydrogen-bond donors (Lipinski definition) is 1. The smallest absolute Gasteiger partial charge is 0.227 e. The van der Waals surface area contributed by atoms with Crippen LogP contribution in [0.4, 0.5) is 0 Å². The topological polar surface area (TPSA) is 41.6 Å². The van der Waals surface area contributed by atoms with Gasteiger partial charge in [0.25, 0.3) is 0 Å². The Hall–Kier alpha value is -1.55. The zero-order valence-corrected chi connectivity index (χ0v) is 13.4. The Morgan fingerprint density at radius 2 is 2.27 bits per heavy atom. The minimum absolute atomic E-state index is 0.246. The van der Waals surface area contributed by atoms with Crippen LogP contribution in [0.5, 0.6) is 5.75 Å². The molecule has 0 unspecified atom stereocenters. The van der Waals surface area contributed by atoms with Crippen LogP contribution in [0.3, 0.4) is 0 Å². The maximum Gasteiger partial charge on any atom is 0.227 e. The second-order valence-corrected chi connectivity index (χ2v) is 6.47. The normalized spacial score (nSPS) is 25.2. The third-order valence-corrected chi connectivity index (χ3v) is 4.98. The first-order valence-electron chi connectivity index (χ1n) is 8.40. The molecule has 2 aliphatic rings. The Balaban J connectivity index is 1.60. The summed E-state index contributed by atoms with van der Waals surface area (Å²) in [6.07, 6.45) is 5.37. The minimum atomic E-state index is 0.246. The highest BCUT2D eigenvalue weighted by Crippen LogP contribution is 2.25. The molecule has 1 aromatic carbocycles. The number of fused-ring (bicyclic) bond motifs is 1. The van der Waals surface area contributed by atoms with Crippen molar-refractivity contribution in [2.45, 2.75) is 38.1 Å². The summed E-state index contributed by atoms with van der Waals surface area (Å²) in [7, 11) is 1.66. The van der Waals surface area contributed by atoms with E-state index in [0.29, 0.717) is 18.4 Å². The highest BCUT2D eigenvalue weighted by molar-refractivity contribution is 5.79. The van der Waals surface area contributed by atoms with Crippen LogP contribution in [0.1, 0.15) is 31.2 Å². The molecule has 0 bridgehead atoms. The zero-order valence-electron chi connectivity index (χ0n) is 13.4. The minimum Gasteiger partial charge on any atom is -0.497 e. The van der Waals surface area contributed by atoms with Gasteiger partial charge in [0.1, 0.15) is 5.75 Å². The number of nitrogens with one attached hydrogen (secondary N) is 1. The van der Waals surface area contributed by atoms with Crippen LogP contribution in [0, 0.1) is 5.92 Å². The van der Waals surface area contributed by atoms with Gasteiger partial charge in [-0.3, -0.25) is 4.79 Å². The van der Waals surface area contributed by atoms with Gasteiger partial charge in [-0.15, -0.1) is 0 Å². The maximum atomic E-state index is 12.6. The predicted molar refractivity (Wildman–Crippen MR) is 87.0 cm³/mol. The average Bonchev–Trinajstić information content (AvgIpc) is 2.79. The van der Waals surface area contributed by atoms with Crippen LogP contribution >= 0.6 is 0 Å². The van der Waals surface area contributed by atoms with E-state index in [1.165, 1.54) is 19.3 Å². The van der Waals surface area contributed by atoms with Crippen LogP contribution in [0.15, 0.2) is 24.3 Å². The molecule has 0 radical (unpaired) electrons. The number of methoxy groups -OCH3 is 1. The molecule has 0 spiro atoms. The fourth-order valence-electron chi connectivity index (χ4n) is 3.71. The summed E-state index contributed by atoms with van der Waals surface area (Å²) in [6.45, 7) is 2.94. The number of likely N-dealkylation sites (tertiary alicyclic amines) is 1. The summed E-state index contributed by atoms with van der Waals surface area (Å²) in [4.78, 5) is 14.7. The van der Waals surface area contributed by atoms with Crippen molar-refractivity contribution < 1.29 is 9.53 Å². The fourth-order valence-corrected chi connectivity index (χ4v) is 3.71. The molecule has 1 N–H and O–H groups in total. The number of rotatable bonds is 3. The molecule has 4 nitrogen and oxygen atoms in total. The van der Waals surface area contributed by atoms with Gasteiger partial charge in [-0.25, -0.2) is 0 Å². The second-order valence-electron chi connectivity index (χ2n) is 6.47. The summed E-state index contributed by atoms with van der Waals surface area (Å²) < 4.78 is 5.23. The van der Waals surface area contributed by atoms with Crippen LogP contribution in [-0.4, -0.2) is 43.6 Å². The highest BCUT2D eigenvalue weighted by atomic mass is 16.5. The van der Waals surface area contributed by atoms with E-state index in [2.05, 4.69) is 10.2 Å². The van der Waals surface area contributed by atoms with Gasteiger partial charge in [0.05, 0.1) is 13.5 Å². The molecule has 0 aromatic heterocycles. The van der Waals surface area contributed by atoms with Gasteiger partial charge in [-0.05, 0) is 49.4 Å². The molecule has 3 rings (SSSR count). The Bertz CT molecular complexity index is 518. The molecule has 22 heavy (non-hydrogen) atoms. The molecule has 2 fully saturated rings. The largest absolute Gasteiger partial charge is 0.497 e. The Labute approximate surface area is 132 Å². The molecule has 120 valence electrons.